The van der Waals surface area contributed by atoms with Crippen LogP contribution in [0.5, 0.6) is 5.75 Å². The smallest absolute Gasteiger partial charge is 0.305 e. The summed E-state index contributed by atoms with van der Waals surface area (Å²) in [6.07, 6.45) is 20.2. The molecule has 0 aromatic heterocycles. The number of nitrogens with two attached hydrogens (primary N) is 1. The van der Waals surface area contributed by atoms with Gasteiger partial charge in [-0.1, -0.05) is 109 Å². The largest absolute Gasteiger partial charge is 0.489 e. The van der Waals surface area contributed by atoms with E-state index in [4.69, 9.17) is 53.1 Å². The second-order valence-electron chi connectivity index (χ2n) is 13.2. The number of rotatable bonds is 44. The molecule has 0 spiro atoms. The molecule has 0 unspecified atom stereocenters. The molecule has 0 aliphatic heterocycles. The van der Waals surface area contributed by atoms with Crippen molar-refractivity contribution in [3.05, 3.63) is 24.3 Å². The summed E-state index contributed by atoms with van der Waals surface area (Å²) in [5, 5.41) is 0. The van der Waals surface area contributed by atoms with Crippen molar-refractivity contribution < 1.29 is 52.2 Å². The Hall–Kier alpha value is -2.03. The second kappa shape index (κ2) is 42.1. The molecule has 12 nitrogen and oxygen atoms in total. The van der Waals surface area contributed by atoms with Crippen molar-refractivity contribution in [2.75, 3.05) is 125 Å². The van der Waals surface area contributed by atoms with E-state index >= 15 is 0 Å². The Bertz CT molecular complexity index is 911. The highest BCUT2D eigenvalue weighted by Gasteiger charge is 2.03. The number of carbonyl (C=O) groups excluding carboxylic acids is 1. The standard InChI is InChI=1S/C42H77NO11/c1-2-3-4-5-6-7-8-9-10-11-12-13-14-15-16-21-42(44)54-39-37-52-35-33-50-31-29-48-27-25-46-23-22-45-24-26-47-28-30-49-32-34-51-36-38-53-41-20-18-17-19-40(41)43/h17-20H,2-16,21-39,43H2,1H3. The molecule has 316 valence electrons. The van der Waals surface area contributed by atoms with Gasteiger partial charge in [0.05, 0.1) is 111 Å². The SMILES string of the molecule is CCCCCCCCCCCCCCCCCC(=O)OCCOCCOCCOCCOCCOCCOCCOCCOCCOc1ccccc1N. The molecule has 1 aromatic carbocycles. The first-order chi connectivity index (χ1) is 26.7. The molecular formula is C42H77NO11. The van der Waals surface area contributed by atoms with Crippen molar-refractivity contribution in [2.24, 2.45) is 0 Å². The molecule has 1 rings (SSSR count). The van der Waals surface area contributed by atoms with Gasteiger partial charge >= 0.3 is 5.97 Å². The summed E-state index contributed by atoms with van der Waals surface area (Å²) >= 11 is 0. The fraction of sp³-hybridized carbons (Fsp3) is 0.833. The third-order valence-electron chi connectivity index (χ3n) is 8.48. The fourth-order valence-corrected chi connectivity index (χ4v) is 5.39. The first-order valence-corrected chi connectivity index (χ1v) is 21.0. The Morgan fingerprint density at radius 1 is 0.426 bits per heavy atom. The highest BCUT2D eigenvalue weighted by molar-refractivity contribution is 5.69. The number of carbonyl (C=O) groups is 1. The minimum atomic E-state index is -0.130. The van der Waals surface area contributed by atoms with Gasteiger partial charge in [-0.2, -0.15) is 0 Å². The summed E-state index contributed by atoms with van der Waals surface area (Å²) in [5.74, 6) is 0.538. The molecule has 1 aromatic rings. The number of hydrogen-bond acceptors (Lipinski definition) is 12. The molecular weight excluding hydrogens is 694 g/mol. The number of ether oxygens (including phenoxy) is 10. The molecule has 0 radical (unpaired) electrons. The first-order valence-electron chi connectivity index (χ1n) is 21.0. The van der Waals surface area contributed by atoms with Crippen LogP contribution in [-0.4, -0.2) is 125 Å². The zero-order chi connectivity index (χ0) is 38.7. The van der Waals surface area contributed by atoms with E-state index in [0.29, 0.717) is 130 Å². The maximum absolute atomic E-state index is 11.9. The van der Waals surface area contributed by atoms with Crippen LogP contribution in [0.2, 0.25) is 0 Å². The Morgan fingerprint density at radius 3 is 1.11 bits per heavy atom. The third kappa shape index (κ3) is 36.9. The quantitative estimate of drug-likeness (QED) is 0.0398. The van der Waals surface area contributed by atoms with Crippen LogP contribution >= 0.6 is 0 Å². The average molecular weight is 772 g/mol. The van der Waals surface area contributed by atoms with Gasteiger partial charge in [-0.3, -0.25) is 4.79 Å². The van der Waals surface area contributed by atoms with E-state index in [1.165, 1.54) is 83.5 Å². The fourth-order valence-electron chi connectivity index (χ4n) is 5.39. The number of anilines is 1. The van der Waals surface area contributed by atoms with Crippen LogP contribution in [0.25, 0.3) is 0 Å². The molecule has 0 aliphatic rings. The molecule has 0 saturated carbocycles. The molecule has 0 amide bonds. The van der Waals surface area contributed by atoms with E-state index in [1.807, 2.05) is 18.2 Å². The van der Waals surface area contributed by atoms with Gasteiger partial charge in [-0.25, -0.2) is 0 Å². The van der Waals surface area contributed by atoms with Crippen LogP contribution in [0.1, 0.15) is 110 Å². The van der Waals surface area contributed by atoms with Gasteiger partial charge in [0.15, 0.2) is 0 Å². The Morgan fingerprint density at radius 2 is 0.741 bits per heavy atom. The highest BCUT2D eigenvalue weighted by atomic mass is 16.6. The molecule has 0 aliphatic carbocycles. The lowest BCUT2D eigenvalue weighted by atomic mass is 10.0. The van der Waals surface area contributed by atoms with Crippen LogP contribution in [0.15, 0.2) is 24.3 Å². The number of esters is 1. The number of hydrogen-bond donors (Lipinski definition) is 1. The van der Waals surface area contributed by atoms with Crippen molar-refractivity contribution in [1.29, 1.82) is 0 Å². The van der Waals surface area contributed by atoms with Crippen molar-refractivity contribution in [2.45, 2.75) is 110 Å². The lowest BCUT2D eigenvalue weighted by Gasteiger charge is -2.09. The Labute approximate surface area is 327 Å². The molecule has 0 saturated heterocycles. The lowest BCUT2D eigenvalue weighted by molar-refractivity contribution is -0.145. The number of nitrogen functional groups attached to an aromatic ring is 1. The Kier molecular flexibility index (Phi) is 39.0. The van der Waals surface area contributed by atoms with E-state index in [1.54, 1.807) is 6.07 Å². The van der Waals surface area contributed by atoms with Crippen LogP contribution in [-0.2, 0) is 47.4 Å². The highest BCUT2D eigenvalue weighted by Crippen LogP contribution is 2.19. The van der Waals surface area contributed by atoms with Crippen LogP contribution in [0.4, 0.5) is 5.69 Å². The summed E-state index contributed by atoms with van der Waals surface area (Å²) in [5.41, 5.74) is 6.45. The van der Waals surface area contributed by atoms with E-state index in [9.17, 15) is 4.79 Å². The molecule has 54 heavy (non-hydrogen) atoms. The average Bonchev–Trinajstić information content (AvgIpc) is 3.18. The number of benzene rings is 1. The molecule has 0 fully saturated rings. The van der Waals surface area contributed by atoms with Gasteiger partial charge in [0.25, 0.3) is 0 Å². The van der Waals surface area contributed by atoms with E-state index < -0.39 is 0 Å². The predicted octanol–water partition coefficient (Wildman–Crippen LogP) is 7.59. The van der Waals surface area contributed by atoms with Gasteiger partial charge in [0.1, 0.15) is 19.0 Å². The lowest BCUT2D eigenvalue weighted by Crippen LogP contribution is -2.15. The van der Waals surface area contributed by atoms with Crippen molar-refractivity contribution >= 4 is 11.7 Å². The van der Waals surface area contributed by atoms with Gasteiger partial charge in [0.2, 0.25) is 0 Å². The third-order valence-corrected chi connectivity index (χ3v) is 8.48. The van der Waals surface area contributed by atoms with E-state index in [-0.39, 0.29) is 12.6 Å². The maximum atomic E-state index is 11.9. The normalized spacial score (nSPS) is 11.4. The Balaban J connectivity index is 1.65. The van der Waals surface area contributed by atoms with Crippen LogP contribution < -0.4 is 10.5 Å². The molecule has 2 N–H and O–H groups in total. The maximum Gasteiger partial charge on any atom is 0.305 e. The molecule has 0 heterocycles. The topological polar surface area (TPSA) is 135 Å². The first kappa shape index (κ1) is 50.0. The zero-order valence-electron chi connectivity index (χ0n) is 33.9. The van der Waals surface area contributed by atoms with Gasteiger partial charge < -0.3 is 53.1 Å². The van der Waals surface area contributed by atoms with Crippen LogP contribution in [0, 0.1) is 0 Å². The van der Waals surface area contributed by atoms with Crippen LogP contribution in [0.3, 0.4) is 0 Å². The van der Waals surface area contributed by atoms with E-state index in [0.717, 1.165) is 12.8 Å². The van der Waals surface area contributed by atoms with Crippen molar-refractivity contribution in [3.63, 3.8) is 0 Å². The summed E-state index contributed by atoms with van der Waals surface area (Å²) in [7, 11) is 0. The zero-order valence-corrected chi connectivity index (χ0v) is 33.9. The van der Waals surface area contributed by atoms with Gasteiger partial charge in [-0.05, 0) is 18.6 Å². The van der Waals surface area contributed by atoms with Crippen molar-refractivity contribution in [3.8, 4) is 5.75 Å². The van der Waals surface area contributed by atoms with Gasteiger partial charge in [-0.15, -0.1) is 0 Å². The minimum absolute atomic E-state index is 0.130. The summed E-state index contributed by atoms with van der Waals surface area (Å²) < 4.78 is 54.8. The van der Waals surface area contributed by atoms with Crippen molar-refractivity contribution in [1.82, 2.24) is 0 Å². The molecule has 0 atom stereocenters. The molecule has 0 bridgehead atoms. The molecule has 12 heteroatoms. The summed E-state index contributed by atoms with van der Waals surface area (Å²) in [4.78, 5) is 11.9. The summed E-state index contributed by atoms with van der Waals surface area (Å²) in [6.45, 7) is 10.7. The number of para-hydroxylation sites is 2. The van der Waals surface area contributed by atoms with E-state index in [2.05, 4.69) is 6.92 Å². The second-order valence-corrected chi connectivity index (χ2v) is 13.2. The minimum Gasteiger partial charge on any atom is -0.489 e. The summed E-state index contributed by atoms with van der Waals surface area (Å²) in [6, 6.07) is 7.38. The van der Waals surface area contributed by atoms with Gasteiger partial charge in [0, 0.05) is 6.42 Å². The number of unbranched alkanes of at least 4 members (excludes halogenated alkanes) is 14. The monoisotopic (exact) mass is 772 g/mol. The predicted molar refractivity (Wildman–Crippen MR) is 213 cm³/mol.